The zero-order valence-corrected chi connectivity index (χ0v) is 18.3. The van der Waals surface area contributed by atoms with Crippen LogP contribution in [0.25, 0.3) is 0 Å². The summed E-state index contributed by atoms with van der Waals surface area (Å²) in [5.41, 5.74) is 0.564. The molecule has 0 saturated heterocycles. The summed E-state index contributed by atoms with van der Waals surface area (Å²) in [5, 5.41) is 9.42. The number of hydrogen-bond acceptors (Lipinski definition) is 7. The van der Waals surface area contributed by atoms with Gasteiger partial charge in [-0.05, 0) is 68.3 Å². The van der Waals surface area contributed by atoms with Crippen molar-refractivity contribution in [1.29, 1.82) is 0 Å². The molecule has 30 heavy (non-hydrogen) atoms. The van der Waals surface area contributed by atoms with Gasteiger partial charge in [0.15, 0.2) is 0 Å². The van der Waals surface area contributed by atoms with Gasteiger partial charge < -0.3 is 9.47 Å². The quantitative estimate of drug-likeness (QED) is 0.228. The fourth-order valence-electron chi connectivity index (χ4n) is 2.48. The average molecular weight is 434 g/mol. The lowest BCUT2D eigenvalue weighted by molar-refractivity contribution is -0.143. The first kappa shape index (κ1) is 23.3. The van der Waals surface area contributed by atoms with Crippen molar-refractivity contribution in [2.45, 2.75) is 36.0 Å². The molecule has 0 aliphatic carbocycles. The molecule has 9 heteroatoms. The Bertz CT molecular complexity index is 940. The molecular formula is C21H27N3O5S. The van der Waals surface area contributed by atoms with Crippen LogP contribution in [0.15, 0.2) is 68.7 Å². The van der Waals surface area contributed by atoms with Crippen molar-refractivity contribution in [2.75, 3.05) is 27.3 Å². The van der Waals surface area contributed by atoms with Gasteiger partial charge in [0.1, 0.15) is 5.75 Å². The first-order chi connectivity index (χ1) is 14.3. The van der Waals surface area contributed by atoms with Crippen molar-refractivity contribution in [3.63, 3.8) is 0 Å². The Hall–Kier alpha value is -2.94. The van der Waals surface area contributed by atoms with E-state index in [-0.39, 0.29) is 15.8 Å². The molecule has 0 aromatic heterocycles. The van der Waals surface area contributed by atoms with Crippen LogP contribution in [0.1, 0.15) is 26.2 Å². The molecule has 2 rings (SSSR count). The highest BCUT2D eigenvalue weighted by molar-refractivity contribution is 7.91. The third kappa shape index (κ3) is 7.14. The number of carbonyl (C=O) groups is 1. The SMILES string of the molecule is CCOC(=O)CCCCOc1ccc(S(=O)(=O)c2ccc(N=NN(C)C)cc2)cc1. The van der Waals surface area contributed by atoms with Gasteiger partial charge in [-0.2, -0.15) is 0 Å². The molecule has 0 radical (unpaired) electrons. The standard InChI is InChI=1S/C21H27N3O5S/c1-4-28-21(25)7-5-6-16-29-18-10-14-20(15-11-18)30(26,27)19-12-8-17(9-13-19)22-23-24(2)3/h8-15H,4-7,16H2,1-3H3. The average Bonchev–Trinajstić information content (AvgIpc) is 2.73. The van der Waals surface area contributed by atoms with Crippen molar-refractivity contribution in [3.8, 4) is 5.75 Å². The molecule has 8 nitrogen and oxygen atoms in total. The molecule has 2 aromatic carbocycles. The van der Waals surface area contributed by atoms with E-state index in [4.69, 9.17) is 9.47 Å². The van der Waals surface area contributed by atoms with Gasteiger partial charge >= 0.3 is 5.97 Å². The Kier molecular flexibility index (Phi) is 8.79. The zero-order valence-electron chi connectivity index (χ0n) is 17.4. The van der Waals surface area contributed by atoms with Crippen LogP contribution < -0.4 is 4.74 Å². The molecule has 0 unspecified atom stereocenters. The summed E-state index contributed by atoms with van der Waals surface area (Å²) in [6.45, 7) is 2.60. The molecule has 0 amide bonds. The molecule has 0 heterocycles. The monoisotopic (exact) mass is 433 g/mol. The molecule has 0 spiro atoms. The number of unbranched alkanes of at least 4 members (excludes halogenated alkanes) is 1. The van der Waals surface area contributed by atoms with Gasteiger partial charge in [0.2, 0.25) is 9.84 Å². The molecule has 0 fully saturated rings. The number of nitrogens with zero attached hydrogens (tertiary/aromatic N) is 3. The topological polar surface area (TPSA) is 97.6 Å². The Morgan fingerprint density at radius 3 is 2.13 bits per heavy atom. The van der Waals surface area contributed by atoms with Crippen LogP contribution in [0.3, 0.4) is 0 Å². The lowest BCUT2D eigenvalue weighted by Gasteiger charge is -2.08. The summed E-state index contributed by atoms with van der Waals surface area (Å²) in [6, 6.07) is 12.5. The molecule has 0 aliphatic rings. The number of hydrogen-bond donors (Lipinski definition) is 0. The maximum Gasteiger partial charge on any atom is 0.305 e. The van der Waals surface area contributed by atoms with Crippen molar-refractivity contribution >= 4 is 21.5 Å². The predicted octanol–water partition coefficient (Wildman–Crippen LogP) is 4.19. The highest BCUT2D eigenvalue weighted by atomic mass is 32.2. The number of benzene rings is 2. The summed E-state index contributed by atoms with van der Waals surface area (Å²) >= 11 is 0. The maximum atomic E-state index is 12.8. The van der Waals surface area contributed by atoms with E-state index < -0.39 is 9.84 Å². The number of esters is 1. The van der Waals surface area contributed by atoms with E-state index in [9.17, 15) is 13.2 Å². The van der Waals surface area contributed by atoms with Crippen LogP contribution in [0.4, 0.5) is 5.69 Å². The minimum absolute atomic E-state index is 0.180. The normalized spacial score (nSPS) is 11.4. The van der Waals surface area contributed by atoms with E-state index in [1.165, 1.54) is 24.3 Å². The number of ether oxygens (including phenoxy) is 2. The van der Waals surface area contributed by atoms with Crippen molar-refractivity contribution in [1.82, 2.24) is 5.01 Å². The molecule has 0 N–H and O–H groups in total. The maximum absolute atomic E-state index is 12.8. The highest BCUT2D eigenvalue weighted by Gasteiger charge is 2.17. The van der Waals surface area contributed by atoms with Crippen LogP contribution in [0, 0.1) is 0 Å². The molecule has 0 bridgehead atoms. The summed E-state index contributed by atoms with van der Waals surface area (Å²) in [7, 11) is -0.139. The van der Waals surface area contributed by atoms with Gasteiger partial charge in [-0.15, -0.1) is 5.11 Å². The summed E-state index contributed by atoms with van der Waals surface area (Å²) in [4.78, 5) is 11.6. The zero-order chi connectivity index (χ0) is 22.0. The molecular weight excluding hydrogens is 406 g/mol. The summed E-state index contributed by atoms with van der Waals surface area (Å²) in [6.07, 6.45) is 1.75. The van der Waals surface area contributed by atoms with Gasteiger partial charge in [-0.25, -0.2) is 8.42 Å². The number of carbonyl (C=O) groups excluding carboxylic acids is 1. The first-order valence-corrected chi connectivity index (χ1v) is 11.1. The third-order valence-corrected chi connectivity index (χ3v) is 5.75. The Morgan fingerprint density at radius 2 is 1.57 bits per heavy atom. The van der Waals surface area contributed by atoms with E-state index in [0.717, 1.165) is 0 Å². The third-order valence-electron chi connectivity index (χ3n) is 3.97. The Morgan fingerprint density at radius 1 is 0.967 bits per heavy atom. The second-order valence-corrected chi connectivity index (χ2v) is 8.57. The first-order valence-electron chi connectivity index (χ1n) is 9.65. The van der Waals surface area contributed by atoms with Crippen molar-refractivity contribution < 1.29 is 22.7 Å². The van der Waals surface area contributed by atoms with E-state index in [1.54, 1.807) is 50.3 Å². The smallest absolute Gasteiger partial charge is 0.305 e. The number of rotatable bonds is 11. The molecule has 0 aliphatic heterocycles. The Balaban J connectivity index is 1.92. The van der Waals surface area contributed by atoms with Crippen LogP contribution in [0.2, 0.25) is 0 Å². The fourth-order valence-corrected chi connectivity index (χ4v) is 3.74. The second-order valence-electron chi connectivity index (χ2n) is 6.62. The Labute approximate surface area is 177 Å². The number of sulfone groups is 1. The largest absolute Gasteiger partial charge is 0.494 e. The van der Waals surface area contributed by atoms with Crippen molar-refractivity contribution in [3.05, 3.63) is 48.5 Å². The summed E-state index contributed by atoms with van der Waals surface area (Å²) < 4.78 is 36.1. The summed E-state index contributed by atoms with van der Waals surface area (Å²) in [5.74, 6) is 0.366. The predicted molar refractivity (Wildman–Crippen MR) is 113 cm³/mol. The molecule has 2 aromatic rings. The van der Waals surface area contributed by atoms with Gasteiger partial charge in [0, 0.05) is 20.5 Å². The van der Waals surface area contributed by atoms with Crippen LogP contribution in [0.5, 0.6) is 5.75 Å². The molecule has 162 valence electrons. The van der Waals surface area contributed by atoms with E-state index in [1.807, 2.05) is 0 Å². The lowest BCUT2D eigenvalue weighted by atomic mass is 10.2. The van der Waals surface area contributed by atoms with Gasteiger partial charge in [0.25, 0.3) is 0 Å². The second kappa shape index (κ2) is 11.3. The molecule has 0 atom stereocenters. The van der Waals surface area contributed by atoms with Crippen molar-refractivity contribution in [2.24, 2.45) is 10.3 Å². The highest BCUT2D eigenvalue weighted by Crippen LogP contribution is 2.25. The van der Waals surface area contributed by atoms with E-state index >= 15 is 0 Å². The van der Waals surface area contributed by atoms with E-state index in [2.05, 4.69) is 10.3 Å². The minimum Gasteiger partial charge on any atom is -0.494 e. The minimum atomic E-state index is -3.64. The van der Waals surface area contributed by atoms with Crippen LogP contribution in [-0.2, 0) is 19.4 Å². The molecule has 0 saturated carbocycles. The van der Waals surface area contributed by atoms with Gasteiger partial charge in [-0.1, -0.05) is 5.22 Å². The lowest BCUT2D eigenvalue weighted by Crippen LogP contribution is -2.05. The van der Waals surface area contributed by atoms with Crippen LogP contribution >= 0.6 is 0 Å². The van der Waals surface area contributed by atoms with E-state index in [0.29, 0.717) is 43.9 Å². The van der Waals surface area contributed by atoms with Crippen LogP contribution in [-0.4, -0.2) is 46.7 Å². The van der Waals surface area contributed by atoms with Gasteiger partial charge in [-0.3, -0.25) is 9.80 Å². The fraction of sp³-hybridized carbons (Fsp3) is 0.381. The van der Waals surface area contributed by atoms with Gasteiger partial charge in [0.05, 0.1) is 28.7 Å².